The number of nitrogens with one attached hydrogen (secondary N) is 2. The van der Waals surface area contributed by atoms with Gasteiger partial charge in [0.25, 0.3) is 0 Å². The number of hydrogen-bond donors (Lipinski definition) is 2. The third-order valence-corrected chi connectivity index (χ3v) is 3.72. The van der Waals surface area contributed by atoms with E-state index in [1.807, 2.05) is 31.2 Å². The summed E-state index contributed by atoms with van der Waals surface area (Å²) in [6.45, 7) is 2.75. The summed E-state index contributed by atoms with van der Waals surface area (Å²) in [7, 11) is 0. The fourth-order valence-corrected chi connectivity index (χ4v) is 2.67. The van der Waals surface area contributed by atoms with Gasteiger partial charge in [0, 0.05) is 24.6 Å². The van der Waals surface area contributed by atoms with Crippen molar-refractivity contribution in [1.82, 2.24) is 5.32 Å². The predicted octanol–water partition coefficient (Wildman–Crippen LogP) is 3.06. The number of rotatable bonds is 4. The van der Waals surface area contributed by atoms with Crippen LogP contribution in [0.15, 0.2) is 47.1 Å². The lowest BCUT2D eigenvalue weighted by Gasteiger charge is -2.14. The van der Waals surface area contributed by atoms with Gasteiger partial charge < -0.3 is 15.1 Å². The van der Waals surface area contributed by atoms with Crippen molar-refractivity contribution in [3.63, 3.8) is 0 Å². The van der Waals surface area contributed by atoms with E-state index >= 15 is 0 Å². The van der Waals surface area contributed by atoms with E-state index in [2.05, 4.69) is 22.8 Å². The molecule has 4 nitrogen and oxygen atoms in total. The lowest BCUT2D eigenvalue weighted by molar-refractivity contribution is -0.122. The van der Waals surface area contributed by atoms with Crippen LogP contribution >= 0.6 is 0 Å². The van der Waals surface area contributed by atoms with Crippen LogP contribution in [0.3, 0.4) is 0 Å². The third kappa shape index (κ3) is 2.54. The number of para-hydroxylation sites is 1. The van der Waals surface area contributed by atoms with E-state index in [0.29, 0.717) is 6.42 Å². The zero-order valence-corrected chi connectivity index (χ0v) is 11.4. The molecule has 0 saturated heterocycles. The van der Waals surface area contributed by atoms with Gasteiger partial charge in [0.15, 0.2) is 0 Å². The molecule has 1 aliphatic rings. The van der Waals surface area contributed by atoms with Crippen molar-refractivity contribution < 1.29 is 9.21 Å². The number of amides is 1. The van der Waals surface area contributed by atoms with E-state index in [1.54, 1.807) is 6.26 Å². The summed E-state index contributed by atoms with van der Waals surface area (Å²) in [6, 6.07) is 11.8. The molecule has 2 aromatic rings. The number of furan rings is 1. The number of anilines is 1. The number of carbonyl (C=O) groups excluding carboxylic acids is 1. The van der Waals surface area contributed by atoms with Crippen LogP contribution in [0.25, 0.3) is 0 Å². The minimum absolute atomic E-state index is 0.0532. The van der Waals surface area contributed by atoms with Crippen LogP contribution < -0.4 is 10.6 Å². The van der Waals surface area contributed by atoms with Gasteiger partial charge in [0.2, 0.25) is 5.91 Å². The minimum Gasteiger partial charge on any atom is -0.467 e. The highest BCUT2D eigenvalue weighted by Crippen LogP contribution is 2.33. The second-order valence-electron chi connectivity index (χ2n) is 5.17. The van der Waals surface area contributed by atoms with Gasteiger partial charge in [0.1, 0.15) is 5.76 Å². The van der Waals surface area contributed by atoms with Gasteiger partial charge >= 0.3 is 0 Å². The molecule has 20 heavy (non-hydrogen) atoms. The second kappa shape index (κ2) is 5.41. The first kappa shape index (κ1) is 12.8. The maximum atomic E-state index is 12.1. The maximum absolute atomic E-state index is 12.1. The van der Waals surface area contributed by atoms with Gasteiger partial charge in [-0.1, -0.05) is 18.2 Å². The van der Waals surface area contributed by atoms with E-state index < -0.39 is 0 Å². The summed E-state index contributed by atoms with van der Waals surface area (Å²) in [5.41, 5.74) is 2.37. The van der Waals surface area contributed by atoms with Crippen molar-refractivity contribution in [3.05, 3.63) is 54.0 Å². The number of fused-ring (bicyclic) bond motifs is 1. The van der Waals surface area contributed by atoms with E-state index in [9.17, 15) is 4.79 Å². The van der Waals surface area contributed by atoms with Gasteiger partial charge in [-0.25, -0.2) is 0 Å². The molecule has 0 bridgehead atoms. The summed E-state index contributed by atoms with van der Waals surface area (Å²) in [5.74, 6) is 1.08. The first-order valence-corrected chi connectivity index (χ1v) is 6.89. The average molecular weight is 270 g/mol. The third-order valence-electron chi connectivity index (χ3n) is 3.72. The molecule has 0 radical (unpaired) electrons. The summed E-state index contributed by atoms with van der Waals surface area (Å²) < 4.78 is 5.30. The Hall–Kier alpha value is -2.23. The molecule has 1 amide bonds. The smallest absolute Gasteiger partial charge is 0.221 e. The molecule has 3 rings (SSSR count). The minimum atomic E-state index is -0.0953. The molecule has 1 aromatic carbocycles. The molecule has 2 N–H and O–H groups in total. The van der Waals surface area contributed by atoms with Crippen molar-refractivity contribution >= 4 is 11.6 Å². The van der Waals surface area contributed by atoms with E-state index in [0.717, 1.165) is 18.0 Å². The van der Waals surface area contributed by atoms with Crippen molar-refractivity contribution in [2.45, 2.75) is 25.3 Å². The fourth-order valence-electron chi connectivity index (χ4n) is 2.67. The van der Waals surface area contributed by atoms with Crippen molar-refractivity contribution in [2.75, 3.05) is 11.9 Å². The molecule has 2 unspecified atom stereocenters. The molecule has 0 fully saturated rings. The highest BCUT2D eigenvalue weighted by atomic mass is 16.3. The van der Waals surface area contributed by atoms with Gasteiger partial charge in [-0.15, -0.1) is 0 Å². The molecule has 2 heterocycles. The maximum Gasteiger partial charge on any atom is 0.221 e. The number of benzene rings is 1. The topological polar surface area (TPSA) is 54.3 Å². The molecule has 0 spiro atoms. The Morgan fingerprint density at radius 3 is 3.05 bits per heavy atom. The Kier molecular flexibility index (Phi) is 3.46. The SMILES string of the molecule is CC(NC(=O)CC1CNc2ccccc21)c1ccco1. The van der Waals surface area contributed by atoms with Crippen LogP contribution in [0.1, 0.15) is 36.6 Å². The van der Waals surface area contributed by atoms with Gasteiger partial charge in [-0.05, 0) is 30.7 Å². The van der Waals surface area contributed by atoms with E-state index in [4.69, 9.17) is 4.42 Å². The lowest BCUT2D eigenvalue weighted by Crippen LogP contribution is -2.28. The van der Waals surface area contributed by atoms with Crippen molar-refractivity contribution in [2.24, 2.45) is 0 Å². The van der Waals surface area contributed by atoms with Gasteiger partial charge in [-0.2, -0.15) is 0 Å². The Morgan fingerprint density at radius 1 is 1.40 bits per heavy atom. The summed E-state index contributed by atoms with van der Waals surface area (Å²) in [6.07, 6.45) is 2.12. The zero-order chi connectivity index (χ0) is 13.9. The Balaban J connectivity index is 1.60. The predicted molar refractivity (Wildman–Crippen MR) is 77.6 cm³/mol. The zero-order valence-electron chi connectivity index (χ0n) is 11.4. The van der Waals surface area contributed by atoms with Crippen LogP contribution in [0.4, 0.5) is 5.69 Å². The molecule has 0 aliphatic carbocycles. The van der Waals surface area contributed by atoms with Crippen LogP contribution in [0, 0.1) is 0 Å². The Morgan fingerprint density at radius 2 is 2.25 bits per heavy atom. The standard InChI is InChI=1S/C16H18N2O2/c1-11(15-7-4-8-20-15)18-16(19)9-12-10-17-14-6-3-2-5-13(12)14/h2-8,11-12,17H,9-10H2,1H3,(H,18,19). The fraction of sp³-hybridized carbons (Fsp3) is 0.312. The molecule has 1 aromatic heterocycles. The number of hydrogen-bond acceptors (Lipinski definition) is 3. The molecule has 4 heteroatoms. The normalized spacial score (nSPS) is 18.1. The van der Waals surface area contributed by atoms with Gasteiger partial charge in [-0.3, -0.25) is 4.79 Å². The molecular formula is C16H18N2O2. The molecular weight excluding hydrogens is 252 g/mol. The van der Waals surface area contributed by atoms with Crippen LogP contribution in [-0.4, -0.2) is 12.5 Å². The lowest BCUT2D eigenvalue weighted by atomic mass is 9.97. The van der Waals surface area contributed by atoms with Gasteiger partial charge in [0.05, 0.1) is 12.3 Å². The Bertz CT molecular complexity index is 592. The second-order valence-corrected chi connectivity index (χ2v) is 5.17. The highest BCUT2D eigenvalue weighted by molar-refractivity contribution is 5.78. The first-order chi connectivity index (χ1) is 9.74. The molecule has 0 saturated carbocycles. The van der Waals surface area contributed by atoms with Crippen LogP contribution in [0.2, 0.25) is 0 Å². The molecule has 1 aliphatic heterocycles. The summed E-state index contributed by atoms with van der Waals surface area (Å²) in [4.78, 5) is 12.1. The quantitative estimate of drug-likeness (QED) is 0.897. The average Bonchev–Trinajstić information content (AvgIpc) is 3.09. The van der Waals surface area contributed by atoms with E-state index in [1.165, 1.54) is 5.56 Å². The summed E-state index contributed by atoms with van der Waals surface area (Å²) >= 11 is 0. The Labute approximate surface area is 118 Å². The first-order valence-electron chi connectivity index (χ1n) is 6.89. The largest absolute Gasteiger partial charge is 0.467 e. The number of carbonyl (C=O) groups is 1. The monoisotopic (exact) mass is 270 g/mol. The summed E-state index contributed by atoms with van der Waals surface area (Å²) in [5, 5.41) is 6.32. The van der Waals surface area contributed by atoms with Crippen LogP contribution in [0.5, 0.6) is 0 Å². The highest BCUT2D eigenvalue weighted by Gasteiger charge is 2.24. The van der Waals surface area contributed by atoms with Crippen molar-refractivity contribution in [3.8, 4) is 0 Å². The van der Waals surface area contributed by atoms with Crippen LogP contribution in [-0.2, 0) is 4.79 Å². The molecule has 104 valence electrons. The van der Waals surface area contributed by atoms with E-state index in [-0.39, 0.29) is 17.9 Å². The molecule has 2 atom stereocenters. The van der Waals surface area contributed by atoms with Crippen molar-refractivity contribution in [1.29, 1.82) is 0 Å².